The molecule has 0 atom stereocenters. The van der Waals surface area contributed by atoms with Crippen molar-refractivity contribution >= 4 is 0 Å². The van der Waals surface area contributed by atoms with Gasteiger partial charge in [0.15, 0.2) is 5.82 Å². The van der Waals surface area contributed by atoms with E-state index in [4.69, 9.17) is 0 Å². The number of H-pyrrole nitrogens is 1. The van der Waals surface area contributed by atoms with E-state index in [0.717, 1.165) is 6.20 Å². The van der Waals surface area contributed by atoms with Gasteiger partial charge in [0.05, 0.1) is 11.9 Å². The first-order valence-corrected chi connectivity index (χ1v) is 4.59. The van der Waals surface area contributed by atoms with Crippen LogP contribution in [-0.2, 0) is 0 Å². The van der Waals surface area contributed by atoms with E-state index in [-0.39, 0.29) is 11.5 Å². The number of nitrogens with one attached hydrogen (secondary N) is 1. The number of nitrogens with zero attached hydrogens (tertiary/aromatic N) is 1. The maximum absolute atomic E-state index is 13.4. The van der Waals surface area contributed by atoms with Crippen LogP contribution in [0.25, 0.3) is 11.3 Å². The van der Waals surface area contributed by atoms with Crippen LogP contribution in [0.4, 0.5) is 8.78 Å². The highest BCUT2D eigenvalue weighted by atomic mass is 19.1. The normalized spacial score (nSPS) is 10.4. The number of aromatic amines is 1. The summed E-state index contributed by atoms with van der Waals surface area (Å²) in [5.74, 6) is -1.02. The summed E-state index contributed by atoms with van der Waals surface area (Å²) in [5, 5.41) is 0. The fraction of sp³-hybridized carbons (Fsp3) is 0.0909. The highest BCUT2D eigenvalue weighted by Crippen LogP contribution is 2.20. The van der Waals surface area contributed by atoms with Gasteiger partial charge in [0, 0.05) is 5.56 Å². The monoisotopic (exact) mass is 222 g/mol. The Balaban J connectivity index is 2.62. The molecule has 82 valence electrons. The maximum Gasteiger partial charge on any atom is 0.345 e. The van der Waals surface area contributed by atoms with Gasteiger partial charge < -0.3 is 4.98 Å². The van der Waals surface area contributed by atoms with Crippen LogP contribution >= 0.6 is 0 Å². The molecule has 2 aromatic rings. The predicted octanol–water partition coefficient (Wildman–Crippen LogP) is 2.02. The summed E-state index contributed by atoms with van der Waals surface area (Å²) in [5.41, 5.74) is 0.173. The molecule has 0 amide bonds. The zero-order valence-electron chi connectivity index (χ0n) is 8.42. The Morgan fingerprint density at radius 3 is 2.69 bits per heavy atom. The van der Waals surface area contributed by atoms with Crippen LogP contribution in [0.5, 0.6) is 0 Å². The van der Waals surface area contributed by atoms with Crippen molar-refractivity contribution in [2.24, 2.45) is 0 Å². The average Bonchev–Trinajstić information content (AvgIpc) is 2.26. The van der Waals surface area contributed by atoms with E-state index < -0.39 is 11.5 Å². The molecule has 1 aromatic heterocycles. The van der Waals surface area contributed by atoms with Gasteiger partial charge in [0.1, 0.15) is 5.82 Å². The second-order valence-electron chi connectivity index (χ2n) is 3.38. The molecule has 0 spiro atoms. The lowest BCUT2D eigenvalue weighted by Gasteiger charge is -2.04. The number of hydrogen-bond donors (Lipinski definition) is 1. The van der Waals surface area contributed by atoms with Gasteiger partial charge in [0.2, 0.25) is 0 Å². The van der Waals surface area contributed by atoms with Gasteiger partial charge in [-0.25, -0.2) is 13.6 Å². The Labute approximate surface area is 89.8 Å². The molecule has 0 aliphatic carbocycles. The van der Waals surface area contributed by atoms with Gasteiger partial charge in [-0.05, 0) is 30.7 Å². The first-order chi connectivity index (χ1) is 7.58. The molecule has 0 bridgehead atoms. The van der Waals surface area contributed by atoms with Crippen molar-refractivity contribution in [2.75, 3.05) is 0 Å². The first kappa shape index (κ1) is 10.5. The summed E-state index contributed by atoms with van der Waals surface area (Å²) in [4.78, 5) is 16.5. The van der Waals surface area contributed by atoms with E-state index >= 15 is 0 Å². The number of rotatable bonds is 1. The van der Waals surface area contributed by atoms with Gasteiger partial charge in [-0.3, -0.25) is 0 Å². The molecular weight excluding hydrogens is 214 g/mol. The second kappa shape index (κ2) is 3.84. The van der Waals surface area contributed by atoms with Gasteiger partial charge in [-0.15, -0.1) is 0 Å². The SMILES string of the molecule is Cc1cc(-c2[nH]c(=O)ncc2F)ccc1F. The molecule has 1 heterocycles. The minimum Gasteiger partial charge on any atom is -0.303 e. The zero-order chi connectivity index (χ0) is 11.7. The third kappa shape index (κ3) is 1.84. The van der Waals surface area contributed by atoms with E-state index in [1.807, 2.05) is 0 Å². The lowest BCUT2D eigenvalue weighted by atomic mass is 10.1. The molecule has 0 unspecified atom stereocenters. The van der Waals surface area contributed by atoms with E-state index in [0.29, 0.717) is 11.1 Å². The van der Waals surface area contributed by atoms with E-state index in [1.54, 1.807) is 6.92 Å². The number of hydrogen-bond acceptors (Lipinski definition) is 2. The Bertz CT molecular complexity index is 593. The molecule has 0 radical (unpaired) electrons. The molecule has 16 heavy (non-hydrogen) atoms. The molecule has 0 aliphatic rings. The quantitative estimate of drug-likeness (QED) is 0.802. The van der Waals surface area contributed by atoms with Crippen molar-refractivity contribution in [3.05, 3.63) is 52.1 Å². The van der Waals surface area contributed by atoms with Gasteiger partial charge >= 0.3 is 5.69 Å². The van der Waals surface area contributed by atoms with Crippen molar-refractivity contribution < 1.29 is 8.78 Å². The van der Waals surface area contributed by atoms with E-state index in [9.17, 15) is 13.6 Å². The molecule has 1 aromatic carbocycles. The molecule has 5 heteroatoms. The summed E-state index contributed by atoms with van der Waals surface area (Å²) in [6.07, 6.45) is 0.840. The first-order valence-electron chi connectivity index (χ1n) is 4.59. The van der Waals surface area contributed by atoms with Crippen LogP contribution in [0.1, 0.15) is 5.56 Å². The molecule has 0 saturated carbocycles. The summed E-state index contributed by atoms with van der Waals surface area (Å²) in [6.45, 7) is 1.57. The molecular formula is C11H8F2N2O. The number of halogens is 2. The Hall–Kier alpha value is -2.04. The summed E-state index contributed by atoms with van der Waals surface area (Å²) < 4.78 is 26.4. The second-order valence-corrected chi connectivity index (χ2v) is 3.38. The van der Waals surface area contributed by atoms with Crippen LogP contribution in [0.3, 0.4) is 0 Å². The molecule has 0 aliphatic heterocycles. The molecule has 3 nitrogen and oxygen atoms in total. The van der Waals surface area contributed by atoms with E-state index in [1.165, 1.54) is 18.2 Å². The van der Waals surface area contributed by atoms with Crippen molar-refractivity contribution in [2.45, 2.75) is 6.92 Å². The fourth-order valence-electron chi connectivity index (χ4n) is 1.39. The molecule has 0 saturated heterocycles. The van der Waals surface area contributed by atoms with Crippen molar-refractivity contribution in [3.8, 4) is 11.3 Å². The van der Waals surface area contributed by atoms with Crippen molar-refractivity contribution in [1.29, 1.82) is 0 Å². The summed E-state index contributed by atoms with van der Waals surface area (Å²) in [6, 6.07) is 4.09. The third-order valence-corrected chi connectivity index (χ3v) is 2.21. The molecule has 0 fully saturated rings. The fourth-order valence-corrected chi connectivity index (χ4v) is 1.39. The Morgan fingerprint density at radius 1 is 1.25 bits per heavy atom. The molecule has 1 N–H and O–H groups in total. The van der Waals surface area contributed by atoms with Gasteiger partial charge in [-0.2, -0.15) is 4.98 Å². The lowest BCUT2D eigenvalue weighted by Crippen LogP contribution is -2.11. The van der Waals surface area contributed by atoms with Crippen molar-refractivity contribution in [1.82, 2.24) is 9.97 Å². The zero-order valence-corrected chi connectivity index (χ0v) is 8.42. The lowest BCUT2D eigenvalue weighted by molar-refractivity contribution is 0.612. The van der Waals surface area contributed by atoms with Crippen LogP contribution < -0.4 is 5.69 Å². The number of aromatic nitrogens is 2. The van der Waals surface area contributed by atoms with E-state index in [2.05, 4.69) is 9.97 Å². The summed E-state index contributed by atoms with van der Waals surface area (Å²) in [7, 11) is 0. The average molecular weight is 222 g/mol. The smallest absolute Gasteiger partial charge is 0.303 e. The highest BCUT2D eigenvalue weighted by Gasteiger charge is 2.08. The Morgan fingerprint density at radius 2 is 2.00 bits per heavy atom. The van der Waals surface area contributed by atoms with Gasteiger partial charge in [0.25, 0.3) is 0 Å². The third-order valence-electron chi connectivity index (χ3n) is 2.21. The highest BCUT2D eigenvalue weighted by molar-refractivity contribution is 5.60. The minimum atomic E-state index is -0.648. The largest absolute Gasteiger partial charge is 0.345 e. The van der Waals surface area contributed by atoms with Crippen molar-refractivity contribution in [3.63, 3.8) is 0 Å². The van der Waals surface area contributed by atoms with Crippen LogP contribution in [0.2, 0.25) is 0 Å². The van der Waals surface area contributed by atoms with Gasteiger partial charge in [-0.1, -0.05) is 0 Å². The van der Waals surface area contributed by atoms with Crippen LogP contribution in [-0.4, -0.2) is 9.97 Å². The molecule has 2 rings (SSSR count). The standard InChI is InChI=1S/C11H8F2N2O/c1-6-4-7(2-3-8(6)12)10-9(13)5-14-11(16)15-10/h2-5H,1H3,(H,14,15,16). The van der Waals surface area contributed by atoms with Crippen LogP contribution in [0.15, 0.2) is 29.2 Å². The summed E-state index contributed by atoms with van der Waals surface area (Å²) >= 11 is 0. The maximum atomic E-state index is 13.4. The predicted molar refractivity (Wildman–Crippen MR) is 54.9 cm³/mol. The number of benzene rings is 1. The topological polar surface area (TPSA) is 45.8 Å². The number of aryl methyl sites for hydroxylation is 1. The minimum absolute atomic E-state index is 0.0168. The Kier molecular flexibility index (Phi) is 2.52. The van der Waals surface area contributed by atoms with Crippen LogP contribution in [0, 0.1) is 18.6 Å².